The van der Waals surface area contributed by atoms with Crippen LogP contribution >= 0.6 is 0 Å². The zero-order valence-electron chi connectivity index (χ0n) is 18.3. The van der Waals surface area contributed by atoms with E-state index in [1.807, 2.05) is 24.3 Å². The van der Waals surface area contributed by atoms with Crippen LogP contribution in [-0.2, 0) is 14.4 Å². The van der Waals surface area contributed by atoms with Crippen molar-refractivity contribution in [2.45, 2.75) is 64.3 Å². The number of hydrogen-bond donors (Lipinski definition) is 2. The molecule has 2 heterocycles. The van der Waals surface area contributed by atoms with Gasteiger partial charge in [0.1, 0.15) is 5.54 Å². The van der Waals surface area contributed by atoms with Gasteiger partial charge in [0.25, 0.3) is 5.91 Å². The number of amides is 5. The van der Waals surface area contributed by atoms with Crippen molar-refractivity contribution in [1.29, 1.82) is 0 Å². The fourth-order valence-corrected chi connectivity index (χ4v) is 4.70. The van der Waals surface area contributed by atoms with Gasteiger partial charge in [0.05, 0.1) is 5.92 Å². The summed E-state index contributed by atoms with van der Waals surface area (Å²) in [4.78, 5) is 52.4. The molecule has 2 saturated heterocycles. The molecular weight excluding hydrogens is 396 g/mol. The van der Waals surface area contributed by atoms with Gasteiger partial charge < -0.3 is 10.2 Å². The van der Waals surface area contributed by atoms with Gasteiger partial charge in [-0.1, -0.05) is 32.9 Å². The normalized spacial score (nSPS) is 28.6. The predicted molar refractivity (Wildman–Crippen MR) is 115 cm³/mol. The van der Waals surface area contributed by atoms with Crippen LogP contribution in [0.2, 0.25) is 0 Å². The van der Waals surface area contributed by atoms with Crippen molar-refractivity contribution in [3.63, 3.8) is 0 Å². The number of rotatable bonds is 4. The largest absolute Gasteiger partial charge is 0.344 e. The molecule has 1 aromatic carbocycles. The quantitative estimate of drug-likeness (QED) is 0.723. The average molecular weight is 427 g/mol. The van der Waals surface area contributed by atoms with Gasteiger partial charge in [-0.05, 0) is 55.2 Å². The molecule has 1 atom stereocenters. The lowest BCUT2D eigenvalue weighted by Gasteiger charge is -2.33. The summed E-state index contributed by atoms with van der Waals surface area (Å²) in [6.07, 6.45) is 2.91. The molecule has 8 nitrogen and oxygen atoms in total. The Labute approximate surface area is 182 Å². The molecule has 4 rings (SSSR count). The van der Waals surface area contributed by atoms with Gasteiger partial charge in [0.15, 0.2) is 0 Å². The van der Waals surface area contributed by atoms with Crippen LogP contribution in [0, 0.1) is 11.8 Å². The van der Waals surface area contributed by atoms with Crippen molar-refractivity contribution < 1.29 is 19.2 Å². The number of imide groups is 1. The van der Waals surface area contributed by atoms with E-state index in [1.54, 1.807) is 4.90 Å². The van der Waals surface area contributed by atoms with Gasteiger partial charge in [-0.3, -0.25) is 19.8 Å². The first-order valence-electron chi connectivity index (χ1n) is 11.1. The van der Waals surface area contributed by atoms with Crippen LogP contribution in [0.4, 0.5) is 10.5 Å². The number of nitrogens with zero attached hydrogens (tertiary/aromatic N) is 2. The number of hydrazine groups is 1. The Morgan fingerprint density at radius 3 is 2.58 bits per heavy atom. The molecule has 0 radical (unpaired) electrons. The van der Waals surface area contributed by atoms with Crippen molar-refractivity contribution >= 4 is 29.4 Å². The zero-order valence-corrected chi connectivity index (χ0v) is 18.3. The Balaban J connectivity index is 1.43. The number of nitrogens with one attached hydrogen (secondary N) is 2. The molecule has 2 N–H and O–H groups in total. The third-order valence-electron chi connectivity index (χ3n) is 6.86. The summed E-state index contributed by atoms with van der Waals surface area (Å²) in [6.45, 7) is 6.52. The van der Waals surface area contributed by atoms with Crippen molar-refractivity contribution in [3.05, 3.63) is 29.8 Å². The molecule has 166 valence electrons. The molecule has 1 unspecified atom stereocenters. The van der Waals surface area contributed by atoms with E-state index in [9.17, 15) is 19.2 Å². The Hall–Kier alpha value is -2.90. The van der Waals surface area contributed by atoms with Gasteiger partial charge in [0.2, 0.25) is 11.8 Å². The molecular formula is C23H30N4O4. The van der Waals surface area contributed by atoms with Crippen molar-refractivity contribution in [3.8, 4) is 0 Å². The second kappa shape index (κ2) is 7.98. The van der Waals surface area contributed by atoms with E-state index in [2.05, 4.69) is 31.5 Å². The number of urea groups is 1. The Bertz CT molecular complexity index is 920. The number of hydrogen-bond acceptors (Lipinski definition) is 4. The molecule has 0 bridgehead atoms. The van der Waals surface area contributed by atoms with Gasteiger partial charge >= 0.3 is 6.03 Å². The second-order valence-corrected chi connectivity index (χ2v) is 9.47. The molecule has 3 fully saturated rings. The average Bonchev–Trinajstić information content (AvgIpc) is 3.24. The highest BCUT2D eigenvalue weighted by molar-refractivity contribution is 6.08. The van der Waals surface area contributed by atoms with E-state index >= 15 is 0 Å². The van der Waals surface area contributed by atoms with Crippen LogP contribution < -0.4 is 15.6 Å². The van der Waals surface area contributed by atoms with Gasteiger partial charge in [0, 0.05) is 18.7 Å². The maximum Gasteiger partial charge on any atom is 0.344 e. The SMILES string of the molecule is CC1CCC2(CC1)NC(=O)N(NC(=O)C1CC(=O)N(c3cccc(C(C)C)c3)C1)C2=O. The number of carbonyl (C=O) groups is 4. The van der Waals surface area contributed by atoms with E-state index in [1.165, 1.54) is 0 Å². The predicted octanol–water partition coefficient (Wildman–Crippen LogP) is 2.69. The van der Waals surface area contributed by atoms with E-state index in [0.717, 1.165) is 29.1 Å². The van der Waals surface area contributed by atoms with E-state index in [0.29, 0.717) is 24.7 Å². The van der Waals surface area contributed by atoms with Crippen molar-refractivity contribution in [2.24, 2.45) is 11.8 Å². The Morgan fingerprint density at radius 1 is 1.19 bits per heavy atom. The van der Waals surface area contributed by atoms with Crippen molar-refractivity contribution in [2.75, 3.05) is 11.4 Å². The molecule has 1 aliphatic carbocycles. The minimum absolute atomic E-state index is 0.0457. The highest BCUT2D eigenvalue weighted by Gasteiger charge is 2.53. The first kappa shape index (κ1) is 21.3. The minimum atomic E-state index is -0.911. The lowest BCUT2D eigenvalue weighted by atomic mass is 9.77. The summed E-state index contributed by atoms with van der Waals surface area (Å²) in [7, 11) is 0. The summed E-state index contributed by atoms with van der Waals surface area (Å²) >= 11 is 0. The first-order valence-corrected chi connectivity index (χ1v) is 11.1. The van der Waals surface area contributed by atoms with Crippen molar-refractivity contribution in [1.82, 2.24) is 15.8 Å². The molecule has 0 aromatic heterocycles. The smallest absolute Gasteiger partial charge is 0.322 e. The standard InChI is InChI=1S/C23H30N4O4/c1-14(2)16-5-4-6-18(11-16)26-13-17(12-19(26)28)20(29)25-27-21(30)23(24-22(27)31)9-7-15(3)8-10-23/h4-6,11,14-15,17H,7-10,12-13H2,1-3H3,(H,24,31)(H,25,29). The number of carbonyl (C=O) groups excluding carboxylic acids is 4. The summed E-state index contributed by atoms with van der Waals surface area (Å²) in [5.74, 6) is -0.811. The highest BCUT2D eigenvalue weighted by atomic mass is 16.2. The van der Waals surface area contributed by atoms with Gasteiger partial charge in [-0.2, -0.15) is 5.01 Å². The van der Waals surface area contributed by atoms with Gasteiger partial charge in [-0.15, -0.1) is 0 Å². The van der Waals surface area contributed by atoms with Crippen LogP contribution in [0.25, 0.3) is 0 Å². The Morgan fingerprint density at radius 2 is 1.90 bits per heavy atom. The fraction of sp³-hybridized carbons (Fsp3) is 0.565. The number of benzene rings is 1. The lowest BCUT2D eigenvalue weighted by Crippen LogP contribution is -2.52. The molecule has 8 heteroatoms. The third kappa shape index (κ3) is 3.91. The lowest BCUT2D eigenvalue weighted by molar-refractivity contribution is -0.141. The maximum absolute atomic E-state index is 13.0. The minimum Gasteiger partial charge on any atom is -0.322 e. The summed E-state index contributed by atoms with van der Waals surface area (Å²) in [6, 6.07) is 7.14. The molecule has 1 aromatic rings. The van der Waals surface area contributed by atoms with E-state index < -0.39 is 29.3 Å². The summed E-state index contributed by atoms with van der Waals surface area (Å²) < 4.78 is 0. The van der Waals surface area contributed by atoms with Crippen LogP contribution in [0.1, 0.15) is 64.4 Å². The van der Waals surface area contributed by atoms with Crippen LogP contribution in [-0.4, -0.2) is 40.8 Å². The topological polar surface area (TPSA) is 98.8 Å². The van der Waals surface area contributed by atoms with E-state index in [-0.39, 0.29) is 18.9 Å². The maximum atomic E-state index is 13.0. The summed E-state index contributed by atoms with van der Waals surface area (Å²) in [5.41, 5.74) is 3.44. The Kier molecular flexibility index (Phi) is 5.49. The van der Waals surface area contributed by atoms with Crippen LogP contribution in [0.15, 0.2) is 24.3 Å². The van der Waals surface area contributed by atoms with Gasteiger partial charge in [-0.25, -0.2) is 4.79 Å². The van der Waals surface area contributed by atoms with Crippen LogP contribution in [0.5, 0.6) is 0 Å². The monoisotopic (exact) mass is 426 g/mol. The molecule has 3 aliphatic rings. The second-order valence-electron chi connectivity index (χ2n) is 9.47. The number of anilines is 1. The molecule has 1 spiro atoms. The zero-order chi connectivity index (χ0) is 22.3. The molecule has 1 saturated carbocycles. The molecule has 2 aliphatic heterocycles. The molecule has 31 heavy (non-hydrogen) atoms. The third-order valence-corrected chi connectivity index (χ3v) is 6.86. The van der Waals surface area contributed by atoms with E-state index in [4.69, 9.17) is 0 Å². The van der Waals surface area contributed by atoms with Crippen LogP contribution in [0.3, 0.4) is 0 Å². The fourth-order valence-electron chi connectivity index (χ4n) is 4.70. The summed E-state index contributed by atoms with van der Waals surface area (Å²) in [5, 5.41) is 3.60. The first-order chi connectivity index (χ1) is 14.7. The molecule has 5 amide bonds. The highest BCUT2D eigenvalue weighted by Crippen LogP contribution is 2.36.